The Labute approximate surface area is 256 Å². The lowest BCUT2D eigenvalue weighted by atomic mass is 9.86. The molecule has 0 radical (unpaired) electrons. The fraction of sp³-hybridized carbons (Fsp3) is 0.469. The minimum atomic E-state index is -1.17. The summed E-state index contributed by atoms with van der Waals surface area (Å²) in [7, 11) is 0.586. The van der Waals surface area contributed by atoms with E-state index in [-0.39, 0.29) is 11.4 Å². The highest BCUT2D eigenvalue weighted by Gasteiger charge is 2.24. The van der Waals surface area contributed by atoms with Crippen molar-refractivity contribution in [1.82, 2.24) is 25.1 Å². The van der Waals surface area contributed by atoms with Crippen LogP contribution in [0.1, 0.15) is 57.6 Å². The second-order valence-electron chi connectivity index (χ2n) is 11.6. The first kappa shape index (κ1) is 30.9. The van der Waals surface area contributed by atoms with E-state index in [0.717, 1.165) is 66.5 Å². The number of H-pyrrole nitrogens is 1. The molecule has 0 bridgehead atoms. The van der Waals surface area contributed by atoms with Crippen LogP contribution in [0.5, 0.6) is 5.75 Å². The highest BCUT2D eigenvalue weighted by Crippen LogP contribution is 2.38. The van der Waals surface area contributed by atoms with Crippen LogP contribution in [-0.4, -0.2) is 74.0 Å². The molecule has 1 fully saturated rings. The average molecular weight is 606 g/mol. The van der Waals surface area contributed by atoms with Gasteiger partial charge in [0, 0.05) is 18.9 Å². The SMILES string of the molecule is COCCN1CCC(c2cc(OC(C)C)c(Nc3nc(Nc4ccccc4S(=O)C(C)C)c4cn[nH]c4n3)cc2C)CC1. The van der Waals surface area contributed by atoms with E-state index in [1.54, 1.807) is 13.3 Å². The predicted molar refractivity (Wildman–Crippen MR) is 173 cm³/mol. The summed E-state index contributed by atoms with van der Waals surface area (Å²) < 4.78 is 24.6. The summed E-state index contributed by atoms with van der Waals surface area (Å²) in [4.78, 5) is 12.7. The van der Waals surface area contributed by atoms with Gasteiger partial charge < -0.3 is 25.0 Å². The van der Waals surface area contributed by atoms with E-state index in [0.29, 0.717) is 23.3 Å². The second-order valence-corrected chi connectivity index (χ2v) is 13.6. The smallest absolute Gasteiger partial charge is 0.231 e. The topological polar surface area (TPSA) is 117 Å². The van der Waals surface area contributed by atoms with E-state index >= 15 is 0 Å². The van der Waals surface area contributed by atoms with E-state index in [1.165, 1.54) is 11.1 Å². The summed E-state index contributed by atoms with van der Waals surface area (Å²) in [6.45, 7) is 14.0. The van der Waals surface area contributed by atoms with Crippen LogP contribution in [0.3, 0.4) is 0 Å². The molecule has 10 nitrogen and oxygen atoms in total. The third kappa shape index (κ3) is 7.34. The lowest BCUT2D eigenvalue weighted by Gasteiger charge is -2.33. The molecule has 5 rings (SSSR count). The molecule has 11 heteroatoms. The van der Waals surface area contributed by atoms with E-state index in [2.05, 4.69) is 44.8 Å². The Balaban J connectivity index is 1.44. The van der Waals surface area contributed by atoms with Crippen LogP contribution in [0.15, 0.2) is 47.5 Å². The first-order valence-corrected chi connectivity index (χ1v) is 16.2. The lowest BCUT2D eigenvalue weighted by molar-refractivity contribution is 0.130. The van der Waals surface area contributed by atoms with Gasteiger partial charge in [-0.1, -0.05) is 26.0 Å². The van der Waals surface area contributed by atoms with Crippen molar-refractivity contribution in [3.05, 3.63) is 53.7 Å². The van der Waals surface area contributed by atoms with Gasteiger partial charge in [-0.3, -0.25) is 9.31 Å². The molecule has 0 amide bonds. The summed E-state index contributed by atoms with van der Waals surface area (Å²) in [6, 6.07) is 11.9. The quantitative estimate of drug-likeness (QED) is 0.172. The van der Waals surface area contributed by atoms with Gasteiger partial charge in [0.05, 0.1) is 51.4 Å². The molecule has 0 spiro atoms. The van der Waals surface area contributed by atoms with Crippen LogP contribution >= 0.6 is 0 Å². The summed E-state index contributed by atoms with van der Waals surface area (Å²) >= 11 is 0. The molecule has 230 valence electrons. The van der Waals surface area contributed by atoms with Crippen molar-refractivity contribution in [1.29, 1.82) is 0 Å². The number of aromatic amines is 1. The molecule has 0 aliphatic carbocycles. The van der Waals surface area contributed by atoms with Crippen LogP contribution in [0, 0.1) is 6.92 Å². The van der Waals surface area contributed by atoms with Crippen LogP contribution in [0.25, 0.3) is 11.0 Å². The molecule has 2 aromatic carbocycles. The molecular formula is C32H43N7O3S. The zero-order chi connectivity index (χ0) is 30.5. The number of piperidine rings is 1. The van der Waals surface area contributed by atoms with E-state index in [1.807, 2.05) is 52.0 Å². The molecule has 1 aliphatic rings. The molecule has 43 heavy (non-hydrogen) atoms. The van der Waals surface area contributed by atoms with Crippen molar-refractivity contribution >= 4 is 45.0 Å². The van der Waals surface area contributed by atoms with Gasteiger partial charge in [0.1, 0.15) is 11.6 Å². The number of nitrogens with zero attached hydrogens (tertiary/aromatic N) is 4. The normalized spacial score (nSPS) is 15.3. The maximum atomic E-state index is 13.0. The average Bonchev–Trinajstić information content (AvgIpc) is 3.46. The van der Waals surface area contributed by atoms with Gasteiger partial charge in [0.2, 0.25) is 5.95 Å². The Kier molecular flexibility index (Phi) is 9.94. The van der Waals surface area contributed by atoms with Gasteiger partial charge in [-0.05, 0) is 88.0 Å². The zero-order valence-electron chi connectivity index (χ0n) is 25.9. The number of methoxy groups -OCH3 is 1. The number of anilines is 4. The van der Waals surface area contributed by atoms with Gasteiger partial charge >= 0.3 is 0 Å². The lowest BCUT2D eigenvalue weighted by Crippen LogP contribution is -2.35. The van der Waals surface area contributed by atoms with Gasteiger partial charge in [0.25, 0.3) is 0 Å². The Bertz CT molecular complexity index is 1560. The largest absolute Gasteiger partial charge is 0.489 e. The number of aromatic nitrogens is 4. The summed E-state index contributed by atoms with van der Waals surface area (Å²) in [6.07, 6.45) is 3.90. The van der Waals surface area contributed by atoms with Gasteiger partial charge in [-0.25, -0.2) is 0 Å². The molecule has 4 aromatic rings. The molecule has 1 atom stereocenters. The van der Waals surface area contributed by atoms with Crippen molar-refractivity contribution in [2.75, 3.05) is 44.0 Å². The van der Waals surface area contributed by atoms with Crippen molar-refractivity contribution in [3.63, 3.8) is 0 Å². The predicted octanol–water partition coefficient (Wildman–Crippen LogP) is 6.28. The third-order valence-corrected chi connectivity index (χ3v) is 9.36. The number of hydrogen-bond donors (Lipinski definition) is 3. The van der Waals surface area contributed by atoms with Gasteiger partial charge in [-0.15, -0.1) is 0 Å². The number of para-hydroxylation sites is 1. The Morgan fingerprint density at radius 3 is 2.56 bits per heavy atom. The number of hydrogen-bond acceptors (Lipinski definition) is 9. The number of ether oxygens (including phenoxy) is 2. The Morgan fingerprint density at radius 1 is 1.07 bits per heavy atom. The minimum absolute atomic E-state index is 0.00133. The van der Waals surface area contributed by atoms with Crippen molar-refractivity contribution in [2.45, 2.75) is 69.6 Å². The molecule has 3 heterocycles. The highest BCUT2D eigenvalue weighted by molar-refractivity contribution is 7.85. The zero-order valence-corrected chi connectivity index (χ0v) is 26.8. The van der Waals surface area contributed by atoms with E-state index in [9.17, 15) is 4.21 Å². The first-order valence-electron chi connectivity index (χ1n) is 15.0. The molecule has 1 aliphatic heterocycles. The number of aryl methyl sites for hydroxylation is 1. The maximum Gasteiger partial charge on any atom is 0.231 e. The summed E-state index contributed by atoms with van der Waals surface area (Å²) in [5.74, 6) is 2.22. The molecular weight excluding hydrogens is 562 g/mol. The van der Waals surface area contributed by atoms with Gasteiger partial charge in [-0.2, -0.15) is 15.1 Å². The third-order valence-electron chi connectivity index (χ3n) is 7.71. The maximum absolute atomic E-state index is 13.0. The number of benzene rings is 2. The fourth-order valence-corrected chi connectivity index (χ4v) is 6.57. The Morgan fingerprint density at radius 2 is 1.84 bits per heavy atom. The van der Waals surface area contributed by atoms with Crippen LogP contribution < -0.4 is 15.4 Å². The van der Waals surface area contributed by atoms with Crippen LogP contribution in [-0.2, 0) is 15.5 Å². The molecule has 1 saturated heterocycles. The van der Waals surface area contributed by atoms with E-state index in [4.69, 9.17) is 19.4 Å². The molecule has 2 aromatic heterocycles. The summed E-state index contributed by atoms with van der Waals surface area (Å²) in [5, 5.41) is 14.7. The molecule has 0 saturated carbocycles. The number of fused-ring (bicyclic) bond motifs is 1. The number of rotatable bonds is 12. The van der Waals surface area contributed by atoms with Crippen molar-refractivity contribution in [2.24, 2.45) is 0 Å². The standard InChI is InChI=1S/C32H43N7O3S/c1-20(2)42-28-18-24(23-11-13-39(14-12-23)15-16-41-6)22(5)17-27(28)35-32-36-30(25-19-33-38-31(25)37-32)34-26-9-7-8-10-29(26)43(40)21(3)4/h7-10,17-21,23H,11-16H2,1-6H3,(H3,33,34,35,36,37,38). The van der Waals surface area contributed by atoms with Gasteiger partial charge in [0.15, 0.2) is 5.65 Å². The highest BCUT2D eigenvalue weighted by atomic mass is 32.2. The van der Waals surface area contributed by atoms with Crippen molar-refractivity contribution in [3.8, 4) is 5.75 Å². The van der Waals surface area contributed by atoms with Crippen LogP contribution in [0.4, 0.5) is 23.1 Å². The molecule has 3 N–H and O–H groups in total. The summed E-state index contributed by atoms with van der Waals surface area (Å²) in [5.41, 5.74) is 4.66. The first-order chi connectivity index (χ1) is 20.7. The Hall–Kier alpha value is -3.54. The minimum Gasteiger partial charge on any atom is -0.489 e. The fourth-order valence-electron chi connectivity index (χ4n) is 5.51. The van der Waals surface area contributed by atoms with Crippen molar-refractivity contribution < 1.29 is 13.7 Å². The van der Waals surface area contributed by atoms with Crippen LogP contribution in [0.2, 0.25) is 0 Å². The van der Waals surface area contributed by atoms with E-state index < -0.39 is 10.8 Å². The second kappa shape index (κ2) is 13.8. The number of nitrogens with one attached hydrogen (secondary N) is 3. The molecule has 1 unspecified atom stereocenters. The number of likely N-dealkylation sites (tertiary alicyclic amines) is 1. The monoisotopic (exact) mass is 605 g/mol.